The first-order valence-electron chi connectivity index (χ1n) is 7.54. The Kier molecular flexibility index (Phi) is 4.88. The first-order chi connectivity index (χ1) is 11.6. The van der Waals surface area contributed by atoms with Crippen molar-refractivity contribution in [2.75, 3.05) is 18.0 Å². The van der Waals surface area contributed by atoms with Gasteiger partial charge in [0.05, 0.1) is 17.9 Å². The van der Waals surface area contributed by atoms with Gasteiger partial charge >= 0.3 is 0 Å². The van der Waals surface area contributed by atoms with Crippen LogP contribution >= 0.6 is 11.3 Å². The summed E-state index contributed by atoms with van der Waals surface area (Å²) in [6.45, 7) is 4.95. The summed E-state index contributed by atoms with van der Waals surface area (Å²) in [5.74, 6) is 5.18. The van der Waals surface area contributed by atoms with Crippen molar-refractivity contribution < 1.29 is 13.9 Å². The Morgan fingerprint density at radius 3 is 2.71 bits per heavy atom. The van der Waals surface area contributed by atoms with Crippen LogP contribution in [0.15, 0.2) is 17.6 Å². The zero-order chi connectivity index (χ0) is 17.1. The molecule has 1 aliphatic heterocycles. The average molecular weight is 345 g/mol. The Balaban J connectivity index is 1.95. The summed E-state index contributed by atoms with van der Waals surface area (Å²) in [6.07, 6.45) is 0.619. The molecule has 0 bridgehead atoms. The molecule has 2 aromatic rings. The monoisotopic (exact) mass is 345 g/mol. The Hall–Kier alpha value is -2.30. The number of aldehydes is 1. The first-order valence-corrected chi connectivity index (χ1v) is 8.42. The van der Waals surface area contributed by atoms with Crippen LogP contribution < -0.4 is 4.90 Å². The van der Waals surface area contributed by atoms with Crippen LogP contribution in [0.5, 0.6) is 0 Å². The van der Waals surface area contributed by atoms with Gasteiger partial charge in [0.1, 0.15) is 11.3 Å². The molecule has 0 saturated carbocycles. The lowest BCUT2D eigenvalue weighted by Gasteiger charge is -2.37. The third-order valence-corrected chi connectivity index (χ3v) is 4.24. The van der Waals surface area contributed by atoms with Gasteiger partial charge in [0.15, 0.2) is 11.3 Å². The van der Waals surface area contributed by atoms with Crippen molar-refractivity contribution in [2.45, 2.75) is 26.1 Å². The van der Waals surface area contributed by atoms with Crippen molar-refractivity contribution in [2.24, 2.45) is 0 Å². The van der Waals surface area contributed by atoms with E-state index in [0.717, 1.165) is 0 Å². The Bertz CT molecular complexity index is 788. The number of benzene rings is 1. The standard InChI is InChI=1S/C17H16FN3O2S/c1-11-7-21(8-12(2)23-11)17-14(9-22)5-13(6-15(17)18)3-4-16-20-19-10-24-16/h5-6,9-12H,7-8H2,1-2H3/t11-,12+. The number of carbonyl (C=O) groups excluding carboxylic acids is 1. The summed E-state index contributed by atoms with van der Waals surface area (Å²) in [5, 5.41) is 8.05. The molecular formula is C17H16FN3O2S. The van der Waals surface area contributed by atoms with Gasteiger partial charge in [-0.15, -0.1) is 10.2 Å². The number of morpholine rings is 1. The van der Waals surface area contributed by atoms with E-state index in [-0.39, 0.29) is 17.8 Å². The van der Waals surface area contributed by atoms with Crippen LogP contribution in [0.1, 0.15) is 34.8 Å². The molecule has 1 saturated heterocycles. The fourth-order valence-corrected chi connectivity index (χ4v) is 3.23. The minimum Gasteiger partial charge on any atom is -0.372 e. The van der Waals surface area contributed by atoms with Gasteiger partial charge in [0.25, 0.3) is 0 Å². The van der Waals surface area contributed by atoms with E-state index in [1.807, 2.05) is 18.7 Å². The molecule has 0 spiro atoms. The van der Waals surface area contributed by atoms with Crippen molar-refractivity contribution in [1.82, 2.24) is 10.2 Å². The molecule has 5 nitrogen and oxygen atoms in total. The molecule has 24 heavy (non-hydrogen) atoms. The number of anilines is 1. The maximum atomic E-state index is 14.7. The topological polar surface area (TPSA) is 55.3 Å². The Labute approximate surface area is 143 Å². The minimum absolute atomic E-state index is 0.0236. The van der Waals surface area contributed by atoms with E-state index in [0.29, 0.717) is 35.6 Å². The van der Waals surface area contributed by atoms with Crippen LogP contribution in [-0.2, 0) is 4.74 Å². The summed E-state index contributed by atoms with van der Waals surface area (Å²) in [7, 11) is 0. The second-order valence-corrected chi connectivity index (χ2v) is 6.50. The maximum absolute atomic E-state index is 14.7. The lowest BCUT2D eigenvalue weighted by Crippen LogP contribution is -2.46. The van der Waals surface area contributed by atoms with Gasteiger partial charge in [-0.3, -0.25) is 4.79 Å². The molecular weight excluding hydrogens is 329 g/mol. The quantitative estimate of drug-likeness (QED) is 0.618. The summed E-state index contributed by atoms with van der Waals surface area (Å²) in [6, 6.07) is 2.95. The van der Waals surface area contributed by atoms with Gasteiger partial charge in [-0.1, -0.05) is 17.3 Å². The molecule has 0 amide bonds. The Morgan fingerprint density at radius 1 is 1.33 bits per heavy atom. The predicted molar refractivity (Wildman–Crippen MR) is 89.9 cm³/mol. The fraction of sp³-hybridized carbons (Fsp3) is 0.353. The number of aromatic nitrogens is 2. The number of halogens is 1. The molecule has 0 unspecified atom stereocenters. The highest BCUT2D eigenvalue weighted by molar-refractivity contribution is 7.09. The van der Waals surface area contributed by atoms with E-state index < -0.39 is 5.82 Å². The van der Waals surface area contributed by atoms with Gasteiger partial charge in [-0.25, -0.2) is 4.39 Å². The van der Waals surface area contributed by atoms with Crippen LogP contribution in [-0.4, -0.2) is 41.8 Å². The smallest absolute Gasteiger partial charge is 0.191 e. The van der Waals surface area contributed by atoms with Crippen LogP contribution in [0.3, 0.4) is 0 Å². The van der Waals surface area contributed by atoms with Gasteiger partial charge in [0, 0.05) is 24.2 Å². The second-order valence-electron chi connectivity index (χ2n) is 5.67. The third-order valence-electron chi connectivity index (χ3n) is 3.63. The third kappa shape index (κ3) is 3.61. The zero-order valence-corrected chi connectivity index (χ0v) is 14.1. The molecule has 124 valence electrons. The van der Waals surface area contributed by atoms with E-state index in [4.69, 9.17) is 4.74 Å². The van der Waals surface area contributed by atoms with Crippen LogP contribution in [0, 0.1) is 17.7 Å². The molecule has 1 aromatic heterocycles. The average Bonchev–Trinajstić information content (AvgIpc) is 3.04. The van der Waals surface area contributed by atoms with Crippen molar-refractivity contribution in [3.05, 3.63) is 39.6 Å². The number of hydrogen-bond acceptors (Lipinski definition) is 6. The van der Waals surface area contributed by atoms with E-state index >= 15 is 0 Å². The predicted octanol–water partition coefficient (Wildman–Crippen LogP) is 2.50. The SMILES string of the molecule is C[C@@H]1CN(c2c(F)cc(C#Cc3nncs3)cc2C=O)C[C@H](C)O1. The van der Waals surface area contributed by atoms with E-state index in [1.165, 1.54) is 17.4 Å². The van der Waals surface area contributed by atoms with Gasteiger partial charge < -0.3 is 9.64 Å². The summed E-state index contributed by atoms with van der Waals surface area (Å²) in [4.78, 5) is 13.3. The van der Waals surface area contributed by atoms with E-state index in [1.54, 1.807) is 11.6 Å². The lowest BCUT2D eigenvalue weighted by molar-refractivity contribution is -0.00543. The molecule has 1 fully saturated rings. The molecule has 0 N–H and O–H groups in total. The lowest BCUT2D eigenvalue weighted by atomic mass is 10.1. The van der Waals surface area contributed by atoms with Gasteiger partial charge in [-0.05, 0) is 31.9 Å². The molecule has 0 radical (unpaired) electrons. The highest BCUT2D eigenvalue weighted by Crippen LogP contribution is 2.28. The zero-order valence-electron chi connectivity index (χ0n) is 13.3. The van der Waals surface area contributed by atoms with Gasteiger partial charge in [0.2, 0.25) is 0 Å². The van der Waals surface area contributed by atoms with Crippen LogP contribution in [0.2, 0.25) is 0 Å². The van der Waals surface area contributed by atoms with Crippen LogP contribution in [0.4, 0.5) is 10.1 Å². The second kappa shape index (κ2) is 7.07. The molecule has 2 heterocycles. The van der Waals surface area contributed by atoms with E-state index in [9.17, 15) is 9.18 Å². The molecule has 1 aliphatic rings. The maximum Gasteiger partial charge on any atom is 0.191 e. The number of hydrogen-bond donors (Lipinski definition) is 0. The molecule has 0 aliphatic carbocycles. The summed E-state index contributed by atoms with van der Waals surface area (Å²) < 4.78 is 20.3. The normalized spacial score (nSPS) is 20.4. The number of ether oxygens (including phenoxy) is 1. The number of rotatable bonds is 2. The molecule has 1 aromatic carbocycles. The van der Waals surface area contributed by atoms with Gasteiger partial charge in [-0.2, -0.15) is 0 Å². The summed E-state index contributed by atoms with van der Waals surface area (Å²) in [5.41, 5.74) is 2.61. The van der Waals surface area contributed by atoms with E-state index in [2.05, 4.69) is 22.0 Å². The molecule has 2 atom stereocenters. The highest BCUT2D eigenvalue weighted by Gasteiger charge is 2.26. The summed E-state index contributed by atoms with van der Waals surface area (Å²) >= 11 is 1.30. The van der Waals surface area contributed by atoms with Crippen molar-refractivity contribution >= 4 is 23.3 Å². The molecule has 3 rings (SSSR count). The van der Waals surface area contributed by atoms with Crippen molar-refractivity contribution in [3.63, 3.8) is 0 Å². The largest absolute Gasteiger partial charge is 0.372 e. The minimum atomic E-state index is -0.456. The fourth-order valence-electron chi connectivity index (χ4n) is 2.83. The number of carbonyl (C=O) groups is 1. The first kappa shape index (κ1) is 16.6. The van der Waals surface area contributed by atoms with Crippen molar-refractivity contribution in [3.8, 4) is 11.8 Å². The Morgan fingerprint density at radius 2 is 2.08 bits per heavy atom. The highest BCUT2D eigenvalue weighted by atomic mass is 32.1. The van der Waals surface area contributed by atoms with Crippen LogP contribution in [0.25, 0.3) is 0 Å². The number of nitrogens with zero attached hydrogens (tertiary/aromatic N) is 3. The molecule has 7 heteroatoms. The van der Waals surface area contributed by atoms with Crippen molar-refractivity contribution in [1.29, 1.82) is 0 Å².